The summed E-state index contributed by atoms with van der Waals surface area (Å²) in [4.78, 5) is 30.5. The van der Waals surface area contributed by atoms with Gasteiger partial charge in [-0.2, -0.15) is 0 Å². The van der Waals surface area contributed by atoms with Crippen molar-refractivity contribution in [2.45, 2.75) is 32.0 Å². The van der Waals surface area contributed by atoms with E-state index in [1.54, 1.807) is 38.2 Å². The van der Waals surface area contributed by atoms with Gasteiger partial charge >= 0.3 is 12.1 Å². The first-order chi connectivity index (χ1) is 15.6. The molecule has 0 aliphatic heterocycles. The molecule has 9 heteroatoms. The number of nitrogens with one attached hydrogen (secondary N) is 2. The van der Waals surface area contributed by atoms with Crippen molar-refractivity contribution in [2.24, 2.45) is 0 Å². The second kappa shape index (κ2) is 10.5. The number of nitrogens with zero attached hydrogens (tertiary/aromatic N) is 2. The lowest BCUT2D eigenvalue weighted by atomic mass is 9.98. The standard InChI is InChI=1S/C24H27ClN4O4/c1-24(2,32)20(29(3)22(30)27-14-18-10-6-7-11-19(18)25)15-33-23(31)28-21-12-16-8-4-5-9-17(16)13-26-21/h4-13,20,32H,14-15H2,1-3H3,(H,27,30)(H,26,28,31)/t20-/m1/s1. The van der Waals surface area contributed by atoms with E-state index in [0.717, 1.165) is 16.3 Å². The minimum Gasteiger partial charge on any atom is -0.447 e. The zero-order chi connectivity index (χ0) is 24.0. The molecule has 0 aliphatic rings. The highest BCUT2D eigenvalue weighted by Crippen LogP contribution is 2.19. The van der Waals surface area contributed by atoms with Crippen molar-refractivity contribution < 1.29 is 19.4 Å². The van der Waals surface area contributed by atoms with Gasteiger partial charge in [0.2, 0.25) is 0 Å². The van der Waals surface area contributed by atoms with E-state index >= 15 is 0 Å². The summed E-state index contributed by atoms with van der Waals surface area (Å²) in [6.07, 6.45) is 0.915. The number of urea groups is 1. The van der Waals surface area contributed by atoms with E-state index in [9.17, 15) is 14.7 Å². The number of hydrogen-bond donors (Lipinski definition) is 3. The highest BCUT2D eigenvalue weighted by atomic mass is 35.5. The molecule has 1 heterocycles. The van der Waals surface area contributed by atoms with Crippen LogP contribution in [0.5, 0.6) is 0 Å². The Labute approximate surface area is 197 Å². The first kappa shape index (κ1) is 24.3. The molecule has 0 aliphatic carbocycles. The van der Waals surface area contributed by atoms with E-state index in [-0.39, 0.29) is 13.2 Å². The summed E-state index contributed by atoms with van der Waals surface area (Å²) in [7, 11) is 1.52. The number of aliphatic hydroxyl groups is 1. The first-order valence-corrected chi connectivity index (χ1v) is 10.8. The van der Waals surface area contributed by atoms with E-state index in [0.29, 0.717) is 10.8 Å². The molecule has 0 fully saturated rings. The molecular formula is C24H27ClN4O4. The van der Waals surface area contributed by atoms with Gasteiger partial charge in [-0.05, 0) is 36.9 Å². The number of hydrogen-bond acceptors (Lipinski definition) is 5. The predicted octanol–water partition coefficient (Wildman–Crippen LogP) is 4.42. The number of carbonyl (C=O) groups excluding carboxylic acids is 2. The van der Waals surface area contributed by atoms with E-state index < -0.39 is 23.8 Å². The SMILES string of the molecule is CN(C(=O)NCc1ccccc1Cl)[C@H](COC(=O)Nc1cc2ccccc2cn1)C(C)(C)O. The van der Waals surface area contributed by atoms with Gasteiger partial charge in [-0.3, -0.25) is 5.32 Å². The fourth-order valence-corrected chi connectivity index (χ4v) is 3.52. The molecule has 8 nitrogen and oxygen atoms in total. The molecule has 0 saturated carbocycles. The molecule has 0 bridgehead atoms. The maximum Gasteiger partial charge on any atom is 0.412 e. The molecule has 2 aromatic carbocycles. The summed E-state index contributed by atoms with van der Waals surface area (Å²) in [6.45, 7) is 3.08. The van der Waals surface area contributed by atoms with Crippen LogP contribution in [-0.4, -0.2) is 52.4 Å². The molecular weight excluding hydrogens is 444 g/mol. The Bertz CT molecular complexity index is 1130. The van der Waals surface area contributed by atoms with Crippen LogP contribution in [0.15, 0.2) is 60.8 Å². The van der Waals surface area contributed by atoms with Crippen molar-refractivity contribution in [3.63, 3.8) is 0 Å². The van der Waals surface area contributed by atoms with E-state index in [1.165, 1.54) is 11.9 Å². The molecule has 0 radical (unpaired) electrons. The third-order valence-electron chi connectivity index (χ3n) is 5.22. The van der Waals surface area contributed by atoms with Gasteiger partial charge in [-0.25, -0.2) is 14.6 Å². The molecule has 174 valence electrons. The lowest BCUT2D eigenvalue weighted by molar-refractivity contribution is -0.0226. The van der Waals surface area contributed by atoms with Crippen molar-refractivity contribution in [1.82, 2.24) is 15.2 Å². The second-order valence-corrected chi connectivity index (χ2v) is 8.58. The molecule has 3 rings (SSSR count). The fraction of sp³-hybridized carbons (Fsp3) is 0.292. The zero-order valence-corrected chi connectivity index (χ0v) is 19.5. The summed E-state index contributed by atoms with van der Waals surface area (Å²) in [5, 5.41) is 18.3. The van der Waals surface area contributed by atoms with Gasteiger partial charge in [0.15, 0.2) is 0 Å². The number of ether oxygens (including phenoxy) is 1. The Kier molecular flexibility index (Phi) is 7.73. The van der Waals surface area contributed by atoms with Crippen LogP contribution in [0.1, 0.15) is 19.4 Å². The van der Waals surface area contributed by atoms with Crippen LogP contribution < -0.4 is 10.6 Å². The number of rotatable bonds is 7. The molecule has 3 aromatic rings. The van der Waals surface area contributed by atoms with E-state index in [2.05, 4.69) is 15.6 Å². The minimum atomic E-state index is -1.34. The summed E-state index contributed by atoms with van der Waals surface area (Å²) in [5.41, 5.74) is -0.572. The zero-order valence-electron chi connectivity index (χ0n) is 18.7. The average Bonchev–Trinajstić information content (AvgIpc) is 2.77. The van der Waals surface area contributed by atoms with Crippen molar-refractivity contribution in [1.29, 1.82) is 0 Å². The third kappa shape index (κ3) is 6.57. The summed E-state index contributed by atoms with van der Waals surface area (Å²) >= 11 is 6.13. The Balaban J connectivity index is 1.59. The second-order valence-electron chi connectivity index (χ2n) is 8.17. The number of carbonyl (C=O) groups is 2. The Morgan fingerprint density at radius 1 is 1.15 bits per heavy atom. The smallest absolute Gasteiger partial charge is 0.412 e. The Hall–Kier alpha value is -3.36. The van der Waals surface area contributed by atoms with Gasteiger partial charge in [0, 0.05) is 30.2 Å². The molecule has 3 amide bonds. The van der Waals surface area contributed by atoms with Crippen LogP contribution in [-0.2, 0) is 11.3 Å². The number of fused-ring (bicyclic) bond motifs is 1. The van der Waals surface area contributed by atoms with Gasteiger partial charge in [0.05, 0.1) is 11.6 Å². The molecule has 0 saturated heterocycles. The van der Waals surface area contributed by atoms with Crippen LogP contribution in [0.4, 0.5) is 15.4 Å². The van der Waals surface area contributed by atoms with Gasteiger partial charge in [-0.1, -0.05) is 54.1 Å². The summed E-state index contributed by atoms with van der Waals surface area (Å²) in [6, 6.07) is 15.3. The maximum atomic E-state index is 12.7. The number of aromatic nitrogens is 1. The number of halogens is 1. The van der Waals surface area contributed by atoms with Crippen LogP contribution in [0.3, 0.4) is 0 Å². The summed E-state index contributed by atoms with van der Waals surface area (Å²) in [5.74, 6) is 0.337. The van der Waals surface area contributed by atoms with Gasteiger partial charge in [-0.15, -0.1) is 0 Å². The van der Waals surface area contributed by atoms with Crippen LogP contribution in [0.2, 0.25) is 5.02 Å². The maximum absolute atomic E-state index is 12.7. The molecule has 3 N–H and O–H groups in total. The molecule has 33 heavy (non-hydrogen) atoms. The van der Waals surface area contributed by atoms with Crippen molar-refractivity contribution in [3.05, 3.63) is 71.4 Å². The topological polar surface area (TPSA) is 104 Å². The van der Waals surface area contributed by atoms with Gasteiger partial charge < -0.3 is 20.1 Å². The number of anilines is 1. The lowest BCUT2D eigenvalue weighted by Crippen LogP contribution is -2.55. The normalized spacial score (nSPS) is 12.2. The van der Waals surface area contributed by atoms with Crippen LogP contribution in [0.25, 0.3) is 10.8 Å². The molecule has 1 atom stereocenters. The first-order valence-electron chi connectivity index (χ1n) is 10.4. The molecule has 0 unspecified atom stereocenters. The van der Waals surface area contributed by atoms with Crippen LogP contribution >= 0.6 is 11.6 Å². The minimum absolute atomic E-state index is 0.219. The Morgan fingerprint density at radius 2 is 1.82 bits per heavy atom. The monoisotopic (exact) mass is 470 g/mol. The summed E-state index contributed by atoms with van der Waals surface area (Å²) < 4.78 is 5.31. The van der Waals surface area contributed by atoms with Crippen molar-refractivity contribution in [3.8, 4) is 0 Å². The third-order valence-corrected chi connectivity index (χ3v) is 5.59. The number of likely N-dealkylation sites (N-methyl/N-ethyl adjacent to an activating group) is 1. The number of pyridine rings is 1. The Morgan fingerprint density at radius 3 is 2.52 bits per heavy atom. The number of benzene rings is 2. The van der Waals surface area contributed by atoms with Crippen molar-refractivity contribution in [2.75, 3.05) is 19.0 Å². The van der Waals surface area contributed by atoms with E-state index in [1.807, 2.05) is 36.4 Å². The largest absolute Gasteiger partial charge is 0.447 e. The highest BCUT2D eigenvalue weighted by molar-refractivity contribution is 6.31. The lowest BCUT2D eigenvalue weighted by Gasteiger charge is -2.36. The molecule has 1 aromatic heterocycles. The quantitative estimate of drug-likeness (QED) is 0.474. The van der Waals surface area contributed by atoms with Gasteiger partial charge in [0.1, 0.15) is 12.4 Å². The van der Waals surface area contributed by atoms with E-state index in [4.69, 9.17) is 16.3 Å². The molecule has 0 spiro atoms. The fourth-order valence-electron chi connectivity index (χ4n) is 3.32. The highest BCUT2D eigenvalue weighted by Gasteiger charge is 2.34. The predicted molar refractivity (Wildman–Crippen MR) is 128 cm³/mol. The van der Waals surface area contributed by atoms with Crippen molar-refractivity contribution >= 4 is 40.3 Å². The van der Waals surface area contributed by atoms with Crippen LogP contribution in [0, 0.1) is 0 Å². The van der Waals surface area contributed by atoms with Gasteiger partial charge in [0.25, 0.3) is 0 Å². The average molecular weight is 471 g/mol. The number of amides is 3.